The van der Waals surface area contributed by atoms with Crippen molar-refractivity contribution >= 4 is 37.5 Å². The SMILES string of the molecule is CC(CO)CO.C[C@H](CO)CCc1ccc2c(C#N)nccc2c1.N#Cc1nccc2cc(Br)ccc12. The van der Waals surface area contributed by atoms with Crippen molar-refractivity contribution in [2.75, 3.05) is 19.8 Å². The largest absolute Gasteiger partial charge is 0.396 e. The summed E-state index contributed by atoms with van der Waals surface area (Å²) in [5.74, 6) is 0.373. The van der Waals surface area contributed by atoms with Gasteiger partial charge in [0.05, 0.1) is 0 Å². The van der Waals surface area contributed by atoms with E-state index >= 15 is 0 Å². The second kappa shape index (κ2) is 15.7. The Morgan fingerprint density at radius 1 is 0.757 bits per heavy atom. The normalized spacial score (nSPS) is 11.1. The van der Waals surface area contributed by atoms with Crippen LogP contribution in [-0.4, -0.2) is 45.1 Å². The Balaban J connectivity index is 0.000000221. The molecule has 0 saturated heterocycles. The molecule has 37 heavy (non-hydrogen) atoms. The highest BCUT2D eigenvalue weighted by Crippen LogP contribution is 2.21. The minimum Gasteiger partial charge on any atom is -0.396 e. The van der Waals surface area contributed by atoms with Crippen LogP contribution in [0.1, 0.15) is 37.2 Å². The maximum atomic E-state index is 9.01. The first-order chi connectivity index (χ1) is 17.9. The van der Waals surface area contributed by atoms with Gasteiger partial charge in [-0.05, 0) is 59.4 Å². The highest BCUT2D eigenvalue weighted by molar-refractivity contribution is 9.10. The molecule has 8 heteroatoms. The first-order valence-corrected chi connectivity index (χ1v) is 12.7. The Morgan fingerprint density at radius 2 is 1.27 bits per heavy atom. The summed E-state index contributed by atoms with van der Waals surface area (Å²) in [7, 11) is 0. The molecular formula is C29H31BrN4O3. The first kappa shape index (κ1) is 29.8. The molecular weight excluding hydrogens is 532 g/mol. The van der Waals surface area contributed by atoms with Gasteiger partial charge in [0.1, 0.15) is 23.5 Å². The van der Waals surface area contributed by atoms with Crippen molar-refractivity contribution < 1.29 is 15.3 Å². The highest BCUT2D eigenvalue weighted by atomic mass is 79.9. The Bertz CT molecular complexity index is 1380. The van der Waals surface area contributed by atoms with Gasteiger partial charge in [0.15, 0.2) is 0 Å². The summed E-state index contributed by atoms with van der Waals surface area (Å²) in [4.78, 5) is 8.03. The van der Waals surface area contributed by atoms with Crippen LogP contribution in [0.25, 0.3) is 21.5 Å². The van der Waals surface area contributed by atoms with Gasteiger partial charge in [-0.3, -0.25) is 0 Å². The van der Waals surface area contributed by atoms with Crippen LogP contribution < -0.4 is 0 Å². The fraction of sp³-hybridized carbons (Fsp3) is 0.310. The number of fused-ring (bicyclic) bond motifs is 2. The third-order valence-electron chi connectivity index (χ3n) is 5.63. The number of pyridine rings is 2. The smallest absolute Gasteiger partial charge is 0.148 e. The number of nitriles is 2. The maximum absolute atomic E-state index is 9.01. The molecule has 4 aromatic rings. The van der Waals surface area contributed by atoms with Crippen molar-refractivity contribution in [1.29, 1.82) is 10.5 Å². The lowest BCUT2D eigenvalue weighted by Crippen LogP contribution is -2.04. The van der Waals surface area contributed by atoms with Gasteiger partial charge < -0.3 is 15.3 Å². The number of hydrogen-bond donors (Lipinski definition) is 3. The van der Waals surface area contributed by atoms with Crippen molar-refractivity contribution in [2.45, 2.75) is 26.7 Å². The summed E-state index contributed by atoms with van der Waals surface area (Å²) in [5, 5.41) is 47.0. The number of rotatable bonds is 6. The predicted molar refractivity (Wildman–Crippen MR) is 149 cm³/mol. The molecule has 3 N–H and O–H groups in total. The molecule has 0 spiro atoms. The number of benzene rings is 2. The third kappa shape index (κ3) is 9.20. The van der Waals surface area contributed by atoms with Gasteiger partial charge in [0, 0.05) is 53.4 Å². The monoisotopic (exact) mass is 562 g/mol. The zero-order chi connectivity index (χ0) is 27.2. The molecule has 0 bridgehead atoms. The molecule has 2 aromatic heterocycles. The van der Waals surface area contributed by atoms with Gasteiger partial charge in [0.25, 0.3) is 0 Å². The Kier molecular flexibility index (Phi) is 12.6. The van der Waals surface area contributed by atoms with Crippen LogP contribution in [0.5, 0.6) is 0 Å². The Labute approximate surface area is 225 Å². The molecule has 0 aliphatic rings. The molecule has 0 fully saturated rings. The summed E-state index contributed by atoms with van der Waals surface area (Å²) < 4.78 is 1.01. The van der Waals surface area contributed by atoms with Gasteiger partial charge in [0.2, 0.25) is 0 Å². The number of hydrogen-bond acceptors (Lipinski definition) is 7. The van der Waals surface area contributed by atoms with E-state index in [1.165, 1.54) is 5.56 Å². The van der Waals surface area contributed by atoms with Crippen molar-refractivity contribution in [1.82, 2.24) is 9.97 Å². The van der Waals surface area contributed by atoms with Crippen molar-refractivity contribution in [3.63, 3.8) is 0 Å². The highest BCUT2D eigenvalue weighted by Gasteiger charge is 2.05. The van der Waals surface area contributed by atoms with Gasteiger partial charge in [-0.2, -0.15) is 10.5 Å². The van der Waals surface area contributed by atoms with Gasteiger partial charge >= 0.3 is 0 Å². The average molecular weight is 563 g/mol. The lowest BCUT2D eigenvalue weighted by molar-refractivity contribution is 0.162. The van der Waals surface area contributed by atoms with E-state index in [4.69, 9.17) is 25.8 Å². The van der Waals surface area contributed by atoms with Crippen molar-refractivity contribution in [3.8, 4) is 12.1 Å². The molecule has 192 valence electrons. The van der Waals surface area contributed by atoms with Crippen molar-refractivity contribution in [3.05, 3.63) is 82.3 Å². The van der Waals surface area contributed by atoms with E-state index in [0.29, 0.717) is 17.3 Å². The molecule has 2 aromatic carbocycles. The third-order valence-corrected chi connectivity index (χ3v) is 6.12. The minimum atomic E-state index is 0.0463. The summed E-state index contributed by atoms with van der Waals surface area (Å²) >= 11 is 3.38. The lowest BCUT2D eigenvalue weighted by Gasteiger charge is -2.08. The van der Waals surface area contributed by atoms with Crippen LogP contribution >= 0.6 is 15.9 Å². The van der Waals surface area contributed by atoms with Gasteiger partial charge in [-0.25, -0.2) is 9.97 Å². The van der Waals surface area contributed by atoms with Crippen LogP contribution in [0.3, 0.4) is 0 Å². The van der Waals surface area contributed by atoms with E-state index in [0.717, 1.165) is 38.9 Å². The van der Waals surface area contributed by atoms with Crippen molar-refractivity contribution in [2.24, 2.45) is 11.8 Å². The topological polar surface area (TPSA) is 134 Å². The van der Waals surface area contributed by atoms with Crippen LogP contribution in [0.4, 0.5) is 0 Å². The molecule has 0 radical (unpaired) electrons. The second-order valence-corrected chi connectivity index (χ2v) is 9.68. The van der Waals surface area contributed by atoms with Gasteiger partial charge in [-0.1, -0.05) is 54.0 Å². The summed E-state index contributed by atoms with van der Waals surface area (Å²) in [6, 6.07) is 19.8. The molecule has 2 heterocycles. The summed E-state index contributed by atoms with van der Waals surface area (Å²) in [5.41, 5.74) is 2.19. The summed E-state index contributed by atoms with van der Waals surface area (Å²) in [6.07, 6.45) is 5.23. The molecule has 0 amide bonds. The predicted octanol–water partition coefficient (Wildman–Crippen LogP) is 5.14. The van der Waals surface area contributed by atoms with Crippen LogP contribution in [0.2, 0.25) is 0 Å². The van der Waals surface area contributed by atoms with E-state index in [9.17, 15) is 0 Å². The number of aliphatic hydroxyl groups is 3. The number of nitrogens with zero attached hydrogens (tertiary/aromatic N) is 4. The molecule has 0 aliphatic heterocycles. The molecule has 7 nitrogen and oxygen atoms in total. The van der Waals surface area contributed by atoms with E-state index in [1.807, 2.05) is 49.4 Å². The second-order valence-electron chi connectivity index (χ2n) is 8.76. The molecule has 4 rings (SSSR count). The number of aromatic nitrogens is 2. The quantitative estimate of drug-likeness (QED) is 0.296. The fourth-order valence-corrected chi connectivity index (χ4v) is 3.65. The molecule has 0 saturated carbocycles. The number of aryl methyl sites for hydroxylation is 1. The minimum absolute atomic E-state index is 0.0463. The van der Waals surface area contributed by atoms with E-state index in [1.54, 1.807) is 19.3 Å². The van der Waals surface area contributed by atoms with Gasteiger partial charge in [-0.15, -0.1) is 0 Å². The maximum Gasteiger partial charge on any atom is 0.148 e. The Hall–Kier alpha value is -3.40. The Morgan fingerprint density at radius 3 is 1.76 bits per heavy atom. The zero-order valence-electron chi connectivity index (χ0n) is 21.0. The van der Waals surface area contributed by atoms with E-state index in [2.05, 4.69) is 44.1 Å². The van der Waals surface area contributed by atoms with Crippen LogP contribution in [0, 0.1) is 34.5 Å². The zero-order valence-corrected chi connectivity index (χ0v) is 22.6. The first-order valence-electron chi connectivity index (χ1n) is 11.9. The molecule has 0 unspecified atom stereocenters. The standard InChI is InChI=1S/C15H16N2O.C10H5BrN2.C4H10O2/c1-11(10-18)2-3-12-4-5-14-13(8-12)6-7-17-15(14)9-16;11-8-1-2-9-7(5-8)3-4-13-10(9)6-12;1-4(2-5)3-6/h4-8,11,18H,2-3,10H2,1H3;1-5H;4-6H,2-3H2,1H3/t11-;;/m0../s1. The summed E-state index contributed by atoms with van der Waals surface area (Å²) in [6.45, 7) is 4.21. The van der Waals surface area contributed by atoms with Crippen LogP contribution in [0.15, 0.2) is 65.4 Å². The van der Waals surface area contributed by atoms with Crippen LogP contribution in [-0.2, 0) is 6.42 Å². The van der Waals surface area contributed by atoms with E-state index in [-0.39, 0.29) is 25.7 Å². The average Bonchev–Trinajstić information content (AvgIpc) is 2.94. The fourth-order valence-electron chi connectivity index (χ4n) is 3.27. The molecule has 0 aliphatic carbocycles. The number of aliphatic hydroxyl groups excluding tert-OH is 3. The van der Waals surface area contributed by atoms with E-state index < -0.39 is 0 Å². The lowest BCUT2D eigenvalue weighted by atomic mass is 9.99. The molecule has 1 atom stereocenters. The number of halogens is 1.